The van der Waals surface area contributed by atoms with Gasteiger partial charge in [0.2, 0.25) is 0 Å². The van der Waals surface area contributed by atoms with Crippen LogP contribution in [0.2, 0.25) is 0 Å². The quantitative estimate of drug-likeness (QED) is 0.672. The number of carbonyl (C=O) groups excluding carboxylic acids is 2. The van der Waals surface area contributed by atoms with E-state index in [0.717, 1.165) is 5.56 Å². The number of aromatic nitrogens is 3. The molecule has 0 aliphatic rings. The highest BCUT2D eigenvalue weighted by atomic mass is 16.2. The number of carbonyl (C=O) groups is 2. The van der Waals surface area contributed by atoms with Gasteiger partial charge in [-0.2, -0.15) is 9.78 Å². The lowest BCUT2D eigenvalue weighted by atomic mass is 10.1. The van der Waals surface area contributed by atoms with Gasteiger partial charge in [-0.3, -0.25) is 5.32 Å². The maximum Gasteiger partial charge on any atom is 0.342 e. The lowest BCUT2D eigenvalue weighted by molar-refractivity contribution is 0.241. The second kappa shape index (κ2) is 7.64. The summed E-state index contributed by atoms with van der Waals surface area (Å²) in [7, 11) is 0. The number of hydrogen-bond acceptors (Lipinski definition) is 4. The molecule has 0 fully saturated rings. The Morgan fingerprint density at radius 2 is 1.96 bits per heavy atom. The summed E-state index contributed by atoms with van der Waals surface area (Å²) in [5, 5.41) is 13.0. The van der Waals surface area contributed by atoms with Crippen molar-refractivity contribution in [3.05, 3.63) is 54.4 Å². The van der Waals surface area contributed by atoms with Crippen LogP contribution < -0.4 is 16.0 Å². The van der Waals surface area contributed by atoms with Gasteiger partial charge in [0.1, 0.15) is 5.82 Å². The fraction of sp³-hybridized carbons (Fsp3) is 0.222. The first-order chi connectivity index (χ1) is 12.6. The molecule has 134 valence electrons. The summed E-state index contributed by atoms with van der Waals surface area (Å²) in [6, 6.07) is 10.5. The summed E-state index contributed by atoms with van der Waals surface area (Å²) in [6.07, 6.45) is 3.07. The third-order valence-electron chi connectivity index (χ3n) is 3.86. The fourth-order valence-corrected chi connectivity index (χ4v) is 2.56. The van der Waals surface area contributed by atoms with Crippen molar-refractivity contribution in [1.29, 1.82) is 0 Å². The molecule has 3 aromatic rings. The van der Waals surface area contributed by atoms with E-state index < -0.39 is 0 Å². The highest BCUT2D eigenvalue weighted by Gasteiger charge is 2.13. The second-order valence-corrected chi connectivity index (χ2v) is 5.75. The number of fused-ring (bicyclic) bond motifs is 1. The van der Waals surface area contributed by atoms with Crippen molar-refractivity contribution in [1.82, 2.24) is 25.4 Å². The van der Waals surface area contributed by atoms with Crippen molar-refractivity contribution in [2.75, 3.05) is 11.9 Å². The standard InChI is InChI=1S/C18H20N6O2/c1-3-19-18(26)24-15-11-20-16(9-14(15)10-21-24)23-17(25)22-12(2)13-7-5-4-6-8-13/h4-12H,3H2,1-2H3,(H,19,26)(H2,20,22,23,25). The molecule has 3 rings (SSSR count). The zero-order chi connectivity index (χ0) is 18.5. The predicted molar refractivity (Wildman–Crippen MR) is 99.0 cm³/mol. The summed E-state index contributed by atoms with van der Waals surface area (Å²) in [5.74, 6) is 0.380. The third-order valence-corrected chi connectivity index (χ3v) is 3.86. The van der Waals surface area contributed by atoms with Crippen LogP contribution >= 0.6 is 0 Å². The van der Waals surface area contributed by atoms with Gasteiger partial charge < -0.3 is 10.6 Å². The number of anilines is 1. The Balaban J connectivity index is 1.69. The van der Waals surface area contributed by atoms with Crippen molar-refractivity contribution < 1.29 is 9.59 Å². The Labute approximate surface area is 150 Å². The van der Waals surface area contributed by atoms with E-state index in [-0.39, 0.29) is 18.1 Å². The second-order valence-electron chi connectivity index (χ2n) is 5.75. The van der Waals surface area contributed by atoms with E-state index in [1.807, 2.05) is 44.2 Å². The zero-order valence-electron chi connectivity index (χ0n) is 14.6. The number of pyridine rings is 1. The van der Waals surface area contributed by atoms with Crippen LogP contribution in [-0.4, -0.2) is 33.4 Å². The molecule has 0 bridgehead atoms. The summed E-state index contributed by atoms with van der Waals surface area (Å²) in [4.78, 5) is 28.3. The first-order valence-corrected chi connectivity index (χ1v) is 8.33. The molecular weight excluding hydrogens is 332 g/mol. The molecule has 0 radical (unpaired) electrons. The van der Waals surface area contributed by atoms with Gasteiger partial charge in [-0.25, -0.2) is 14.6 Å². The molecule has 8 heteroatoms. The number of hydrogen-bond donors (Lipinski definition) is 3. The molecule has 1 aromatic carbocycles. The van der Waals surface area contributed by atoms with Crippen molar-refractivity contribution in [2.24, 2.45) is 0 Å². The molecule has 0 saturated carbocycles. The summed E-state index contributed by atoms with van der Waals surface area (Å²) >= 11 is 0. The molecule has 8 nitrogen and oxygen atoms in total. The van der Waals surface area contributed by atoms with E-state index >= 15 is 0 Å². The fourth-order valence-electron chi connectivity index (χ4n) is 2.56. The molecule has 2 aromatic heterocycles. The molecule has 3 amide bonds. The Morgan fingerprint density at radius 1 is 1.19 bits per heavy atom. The topological polar surface area (TPSA) is 101 Å². The number of urea groups is 1. The van der Waals surface area contributed by atoms with E-state index in [4.69, 9.17) is 0 Å². The van der Waals surface area contributed by atoms with E-state index in [1.54, 1.807) is 12.3 Å². The van der Waals surface area contributed by atoms with Crippen LogP contribution in [0.15, 0.2) is 48.8 Å². The lowest BCUT2D eigenvalue weighted by Gasteiger charge is -2.14. The maximum absolute atomic E-state index is 12.2. The average Bonchev–Trinajstić information content (AvgIpc) is 3.06. The molecule has 0 spiro atoms. The van der Waals surface area contributed by atoms with Crippen LogP contribution in [0.4, 0.5) is 15.4 Å². The van der Waals surface area contributed by atoms with Gasteiger partial charge in [0.25, 0.3) is 0 Å². The summed E-state index contributed by atoms with van der Waals surface area (Å²) in [5.41, 5.74) is 1.58. The zero-order valence-corrected chi connectivity index (χ0v) is 14.6. The predicted octanol–water partition coefficient (Wildman–Crippen LogP) is 2.89. The van der Waals surface area contributed by atoms with E-state index in [1.165, 1.54) is 10.9 Å². The van der Waals surface area contributed by atoms with Crippen molar-refractivity contribution in [3.8, 4) is 0 Å². The highest BCUT2D eigenvalue weighted by Crippen LogP contribution is 2.17. The maximum atomic E-state index is 12.2. The first-order valence-electron chi connectivity index (χ1n) is 8.33. The Hall–Kier alpha value is -3.42. The van der Waals surface area contributed by atoms with Crippen LogP contribution in [-0.2, 0) is 0 Å². The number of nitrogens with zero attached hydrogens (tertiary/aromatic N) is 3. The largest absolute Gasteiger partial charge is 0.342 e. The van der Waals surface area contributed by atoms with Crippen molar-refractivity contribution in [3.63, 3.8) is 0 Å². The van der Waals surface area contributed by atoms with Crippen LogP contribution in [0.1, 0.15) is 25.5 Å². The van der Waals surface area contributed by atoms with E-state index in [2.05, 4.69) is 26.0 Å². The molecule has 26 heavy (non-hydrogen) atoms. The van der Waals surface area contributed by atoms with Gasteiger partial charge in [0, 0.05) is 11.9 Å². The van der Waals surface area contributed by atoms with Crippen LogP contribution in [0.25, 0.3) is 10.9 Å². The smallest absolute Gasteiger partial charge is 0.336 e. The van der Waals surface area contributed by atoms with Gasteiger partial charge in [-0.15, -0.1) is 0 Å². The van der Waals surface area contributed by atoms with E-state index in [0.29, 0.717) is 23.3 Å². The van der Waals surface area contributed by atoms with E-state index in [9.17, 15) is 9.59 Å². The number of rotatable bonds is 4. The molecule has 0 aliphatic carbocycles. The number of nitrogens with one attached hydrogen (secondary N) is 3. The first kappa shape index (κ1) is 17.4. The Morgan fingerprint density at radius 3 is 2.69 bits per heavy atom. The monoisotopic (exact) mass is 352 g/mol. The van der Waals surface area contributed by atoms with Crippen LogP contribution in [0.5, 0.6) is 0 Å². The molecule has 3 N–H and O–H groups in total. The van der Waals surface area contributed by atoms with Gasteiger partial charge in [0.05, 0.1) is 24.0 Å². The van der Waals surface area contributed by atoms with Gasteiger partial charge in [-0.05, 0) is 25.5 Å². The molecule has 0 saturated heterocycles. The molecule has 2 heterocycles. The number of amides is 3. The minimum Gasteiger partial charge on any atom is -0.336 e. The van der Waals surface area contributed by atoms with Crippen molar-refractivity contribution >= 4 is 28.8 Å². The summed E-state index contributed by atoms with van der Waals surface area (Å²) < 4.78 is 1.24. The number of benzene rings is 1. The summed E-state index contributed by atoms with van der Waals surface area (Å²) in [6.45, 7) is 4.24. The molecule has 1 atom stereocenters. The average molecular weight is 352 g/mol. The SMILES string of the molecule is CCNC(=O)n1ncc2cc(NC(=O)NC(C)c3ccccc3)ncc21. The third kappa shape index (κ3) is 3.80. The van der Waals surface area contributed by atoms with Gasteiger partial charge >= 0.3 is 12.1 Å². The normalized spacial score (nSPS) is 11.8. The Kier molecular flexibility index (Phi) is 5.12. The highest BCUT2D eigenvalue weighted by molar-refractivity contribution is 5.93. The van der Waals surface area contributed by atoms with Gasteiger partial charge in [0.15, 0.2) is 0 Å². The molecule has 1 unspecified atom stereocenters. The lowest BCUT2D eigenvalue weighted by Crippen LogP contribution is -2.31. The minimum absolute atomic E-state index is 0.138. The Bertz CT molecular complexity index is 922. The molecular formula is C18H20N6O2. The van der Waals surface area contributed by atoms with Crippen molar-refractivity contribution in [2.45, 2.75) is 19.9 Å². The van der Waals surface area contributed by atoms with Crippen LogP contribution in [0, 0.1) is 0 Å². The molecule has 0 aliphatic heterocycles. The van der Waals surface area contributed by atoms with Crippen LogP contribution in [0.3, 0.4) is 0 Å². The van der Waals surface area contributed by atoms with Gasteiger partial charge in [-0.1, -0.05) is 30.3 Å². The minimum atomic E-state index is -0.357.